The second kappa shape index (κ2) is 4.72. The molecular formula is C12H11F2NO3. The van der Waals surface area contributed by atoms with Gasteiger partial charge in [-0.3, -0.25) is 9.59 Å². The molecule has 2 rings (SSSR count). The third kappa shape index (κ3) is 2.64. The van der Waals surface area contributed by atoms with Gasteiger partial charge in [-0.25, -0.2) is 8.78 Å². The van der Waals surface area contributed by atoms with Gasteiger partial charge in [0.05, 0.1) is 5.56 Å². The van der Waals surface area contributed by atoms with E-state index in [1.54, 1.807) is 0 Å². The van der Waals surface area contributed by atoms with Crippen LogP contribution in [0.3, 0.4) is 0 Å². The van der Waals surface area contributed by atoms with E-state index in [1.165, 1.54) is 0 Å². The fourth-order valence-corrected chi connectivity index (χ4v) is 1.71. The van der Waals surface area contributed by atoms with E-state index in [0.717, 1.165) is 23.1 Å². The molecule has 1 saturated carbocycles. The van der Waals surface area contributed by atoms with Gasteiger partial charge in [-0.15, -0.1) is 0 Å². The number of rotatable bonds is 4. The van der Waals surface area contributed by atoms with Crippen LogP contribution in [0.4, 0.5) is 8.78 Å². The highest BCUT2D eigenvalue weighted by molar-refractivity contribution is 5.96. The monoisotopic (exact) mass is 255 g/mol. The topological polar surface area (TPSA) is 57.6 Å². The summed E-state index contributed by atoms with van der Waals surface area (Å²) >= 11 is 0. The third-order valence-corrected chi connectivity index (χ3v) is 2.71. The van der Waals surface area contributed by atoms with Crippen LogP contribution in [0.2, 0.25) is 0 Å². The number of carboxylic acids is 1. The Morgan fingerprint density at radius 1 is 1.33 bits per heavy atom. The first kappa shape index (κ1) is 12.5. The summed E-state index contributed by atoms with van der Waals surface area (Å²) in [4.78, 5) is 23.7. The van der Waals surface area contributed by atoms with Gasteiger partial charge in [-0.05, 0) is 31.0 Å². The predicted molar refractivity (Wildman–Crippen MR) is 58.1 cm³/mol. The molecule has 6 heteroatoms. The second-order valence-electron chi connectivity index (χ2n) is 4.18. The quantitative estimate of drug-likeness (QED) is 0.890. The van der Waals surface area contributed by atoms with Gasteiger partial charge in [0.1, 0.15) is 18.2 Å². The molecule has 0 spiro atoms. The molecule has 1 amide bonds. The molecule has 0 radical (unpaired) electrons. The molecule has 1 aliphatic carbocycles. The van der Waals surface area contributed by atoms with Gasteiger partial charge < -0.3 is 10.0 Å². The molecule has 1 aliphatic rings. The molecular weight excluding hydrogens is 244 g/mol. The second-order valence-corrected chi connectivity index (χ2v) is 4.18. The van der Waals surface area contributed by atoms with E-state index in [-0.39, 0.29) is 6.04 Å². The number of hydrogen-bond donors (Lipinski definition) is 1. The minimum atomic E-state index is -1.17. The van der Waals surface area contributed by atoms with Crippen LogP contribution in [0.15, 0.2) is 18.2 Å². The molecule has 0 aromatic heterocycles. The lowest BCUT2D eigenvalue weighted by Gasteiger charge is -2.20. The number of amides is 1. The molecule has 1 aromatic rings. The summed E-state index contributed by atoms with van der Waals surface area (Å²) in [5.41, 5.74) is -0.428. The van der Waals surface area contributed by atoms with Crippen LogP contribution >= 0.6 is 0 Å². The zero-order valence-electron chi connectivity index (χ0n) is 9.40. The Labute approximate surface area is 102 Å². The van der Waals surface area contributed by atoms with Gasteiger partial charge in [0.25, 0.3) is 5.91 Å². The van der Waals surface area contributed by atoms with Crippen LogP contribution in [0.1, 0.15) is 23.2 Å². The SMILES string of the molecule is O=C(O)CN(C(=O)c1cc(F)ccc1F)C1CC1. The number of carbonyl (C=O) groups is 2. The number of carbonyl (C=O) groups excluding carboxylic acids is 1. The van der Waals surface area contributed by atoms with Crippen LogP contribution in [0.25, 0.3) is 0 Å². The standard InChI is InChI=1S/C12H11F2NO3/c13-7-1-4-10(14)9(5-7)12(18)15(6-11(16)17)8-2-3-8/h1,4-5,8H,2-3,6H2,(H,16,17). The van der Waals surface area contributed by atoms with E-state index in [4.69, 9.17) is 5.11 Å². The van der Waals surface area contributed by atoms with Crippen molar-refractivity contribution in [1.82, 2.24) is 4.90 Å². The first-order chi connectivity index (χ1) is 8.49. The van der Waals surface area contributed by atoms with Crippen molar-refractivity contribution >= 4 is 11.9 Å². The van der Waals surface area contributed by atoms with E-state index in [2.05, 4.69) is 0 Å². The average Bonchev–Trinajstić information content (AvgIpc) is 3.12. The predicted octanol–water partition coefficient (Wildman–Crippen LogP) is 1.65. The van der Waals surface area contributed by atoms with Crippen molar-refractivity contribution in [2.24, 2.45) is 0 Å². The average molecular weight is 255 g/mol. The van der Waals surface area contributed by atoms with E-state index in [1.807, 2.05) is 0 Å². The highest BCUT2D eigenvalue weighted by Gasteiger charge is 2.35. The molecule has 0 bridgehead atoms. The van der Waals surface area contributed by atoms with Gasteiger partial charge >= 0.3 is 5.97 Å². The zero-order valence-corrected chi connectivity index (χ0v) is 9.40. The van der Waals surface area contributed by atoms with Gasteiger partial charge in [0.2, 0.25) is 0 Å². The van der Waals surface area contributed by atoms with E-state index in [9.17, 15) is 18.4 Å². The number of aliphatic carboxylic acids is 1. The van der Waals surface area contributed by atoms with Gasteiger partial charge in [-0.1, -0.05) is 0 Å². The maximum atomic E-state index is 13.4. The van der Waals surface area contributed by atoms with Crippen LogP contribution in [-0.4, -0.2) is 34.5 Å². The lowest BCUT2D eigenvalue weighted by atomic mass is 10.1. The molecule has 1 fully saturated rings. The summed E-state index contributed by atoms with van der Waals surface area (Å²) in [6.45, 7) is -0.501. The Morgan fingerprint density at radius 2 is 2.00 bits per heavy atom. The van der Waals surface area contributed by atoms with Crippen LogP contribution in [-0.2, 0) is 4.79 Å². The maximum absolute atomic E-state index is 13.4. The van der Waals surface area contributed by atoms with Crippen molar-refractivity contribution in [3.8, 4) is 0 Å². The lowest BCUT2D eigenvalue weighted by molar-refractivity contribution is -0.137. The molecule has 0 aliphatic heterocycles. The Bertz CT molecular complexity index is 500. The van der Waals surface area contributed by atoms with Gasteiger partial charge in [0, 0.05) is 6.04 Å². The maximum Gasteiger partial charge on any atom is 0.323 e. The largest absolute Gasteiger partial charge is 0.480 e. The zero-order chi connectivity index (χ0) is 13.3. The van der Waals surface area contributed by atoms with Crippen molar-refractivity contribution in [1.29, 1.82) is 0 Å². The van der Waals surface area contributed by atoms with E-state index in [0.29, 0.717) is 12.8 Å². The molecule has 1 aromatic carbocycles. The molecule has 18 heavy (non-hydrogen) atoms. The Morgan fingerprint density at radius 3 is 2.56 bits per heavy atom. The smallest absolute Gasteiger partial charge is 0.323 e. The van der Waals surface area contributed by atoms with E-state index >= 15 is 0 Å². The summed E-state index contributed by atoms with van der Waals surface area (Å²) in [5, 5.41) is 8.72. The lowest BCUT2D eigenvalue weighted by Crippen LogP contribution is -2.37. The number of hydrogen-bond acceptors (Lipinski definition) is 2. The normalized spacial score (nSPS) is 14.3. The fraction of sp³-hybridized carbons (Fsp3) is 0.333. The Kier molecular flexibility index (Phi) is 3.27. The Hall–Kier alpha value is -1.98. The van der Waals surface area contributed by atoms with Crippen molar-refractivity contribution in [2.45, 2.75) is 18.9 Å². The highest BCUT2D eigenvalue weighted by atomic mass is 19.1. The molecule has 0 heterocycles. The molecule has 0 saturated heterocycles. The van der Waals surface area contributed by atoms with Crippen molar-refractivity contribution in [2.75, 3.05) is 6.54 Å². The fourth-order valence-electron chi connectivity index (χ4n) is 1.71. The molecule has 4 nitrogen and oxygen atoms in total. The summed E-state index contributed by atoms with van der Waals surface area (Å²) < 4.78 is 26.4. The van der Waals surface area contributed by atoms with Crippen molar-refractivity contribution < 1.29 is 23.5 Å². The summed E-state index contributed by atoms with van der Waals surface area (Å²) in [5.74, 6) is -3.53. The van der Waals surface area contributed by atoms with Crippen LogP contribution < -0.4 is 0 Å². The number of nitrogens with zero attached hydrogens (tertiary/aromatic N) is 1. The summed E-state index contributed by atoms with van der Waals surface area (Å²) in [7, 11) is 0. The molecule has 0 unspecified atom stereocenters. The van der Waals surface area contributed by atoms with Crippen molar-refractivity contribution in [3.05, 3.63) is 35.4 Å². The minimum absolute atomic E-state index is 0.184. The first-order valence-corrected chi connectivity index (χ1v) is 5.47. The number of carboxylic acid groups (broad SMARTS) is 1. The summed E-state index contributed by atoms with van der Waals surface area (Å²) in [6.07, 6.45) is 1.38. The third-order valence-electron chi connectivity index (χ3n) is 2.71. The van der Waals surface area contributed by atoms with Gasteiger partial charge in [-0.2, -0.15) is 0 Å². The van der Waals surface area contributed by atoms with E-state index < -0.39 is 35.6 Å². The van der Waals surface area contributed by atoms with Crippen LogP contribution in [0, 0.1) is 11.6 Å². The van der Waals surface area contributed by atoms with Crippen molar-refractivity contribution in [3.63, 3.8) is 0 Å². The number of halogens is 2. The minimum Gasteiger partial charge on any atom is -0.480 e. The molecule has 1 N–H and O–H groups in total. The molecule has 96 valence electrons. The number of benzene rings is 1. The van der Waals surface area contributed by atoms with Gasteiger partial charge in [0.15, 0.2) is 0 Å². The van der Waals surface area contributed by atoms with Crippen LogP contribution in [0.5, 0.6) is 0 Å². The Balaban J connectivity index is 2.27. The highest BCUT2D eigenvalue weighted by Crippen LogP contribution is 2.28. The first-order valence-electron chi connectivity index (χ1n) is 5.47. The molecule has 0 atom stereocenters. The summed E-state index contributed by atoms with van der Waals surface area (Å²) in [6, 6.07) is 2.37.